The Morgan fingerprint density at radius 1 is 1.30 bits per heavy atom. The summed E-state index contributed by atoms with van der Waals surface area (Å²) in [6, 6.07) is 0. The molecule has 0 saturated heterocycles. The minimum absolute atomic E-state index is 0.129. The lowest BCUT2D eigenvalue weighted by Gasteiger charge is -2.13. The maximum Gasteiger partial charge on any atom is 0.522 e. The molecule has 0 rings (SSSR count). The summed E-state index contributed by atoms with van der Waals surface area (Å²) < 4.78 is 105. The summed E-state index contributed by atoms with van der Waals surface area (Å²) in [6.45, 7) is 0. The first kappa shape index (κ1) is 21.5. The highest BCUT2D eigenvalue weighted by atomic mass is 32.2. The third kappa shape index (κ3) is 9.19. The zero-order valence-corrected chi connectivity index (χ0v) is 11.2. The molecule has 0 unspecified atom stereocenters. The van der Waals surface area contributed by atoms with Crippen molar-refractivity contribution < 1.29 is 43.7 Å². The summed E-state index contributed by atoms with van der Waals surface area (Å²) in [4.78, 5) is 3.33. The lowest BCUT2D eigenvalue weighted by molar-refractivity contribution is -0.109. The number of alkyl halides is 7. The molecule has 122 valence electrons. The van der Waals surface area contributed by atoms with E-state index in [9.17, 15) is 30.7 Å². The van der Waals surface area contributed by atoms with Crippen molar-refractivity contribution in [2.24, 2.45) is 10.7 Å². The number of nitrogens with zero attached hydrogens (tertiary/aromatic N) is 1. The largest absolute Gasteiger partial charge is 0.522 e. The molecule has 0 aliphatic rings. The van der Waals surface area contributed by atoms with Crippen LogP contribution in [0, 0.1) is 0 Å². The maximum absolute atomic E-state index is 12.2. The van der Waals surface area contributed by atoms with Crippen molar-refractivity contribution in [3.63, 3.8) is 0 Å². The fourth-order valence-electron chi connectivity index (χ4n) is 0.298. The average Bonchev–Trinajstić information content (AvgIpc) is 2.23. The van der Waals surface area contributed by atoms with Crippen molar-refractivity contribution in [3.05, 3.63) is 0 Å². The molecule has 0 atom stereocenters. The summed E-state index contributed by atoms with van der Waals surface area (Å²) in [5.41, 5.74) is -0.520. The van der Waals surface area contributed by atoms with Crippen LogP contribution in [0.1, 0.15) is 0 Å². The van der Waals surface area contributed by atoms with Crippen LogP contribution in [0.5, 0.6) is 0 Å². The lowest BCUT2D eigenvalue weighted by atomic mass is 10.4. The van der Waals surface area contributed by atoms with E-state index in [1.54, 1.807) is 0 Å². The average molecular weight is 354 g/mol. The van der Waals surface area contributed by atoms with Gasteiger partial charge in [-0.25, -0.2) is 8.78 Å². The van der Waals surface area contributed by atoms with Crippen LogP contribution in [0.3, 0.4) is 0 Å². The van der Waals surface area contributed by atoms with Gasteiger partial charge in [-0.2, -0.15) is 30.4 Å². The number of thioether (sulfide) groups is 1. The molecule has 0 heterocycles. The van der Waals surface area contributed by atoms with Crippen LogP contribution < -0.4 is 5.73 Å². The monoisotopic (exact) mass is 354 g/mol. The molecular weight excluding hydrogens is 345 g/mol. The van der Waals surface area contributed by atoms with Gasteiger partial charge in [0.1, 0.15) is 0 Å². The van der Waals surface area contributed by atoms with Crippen LogP contribution in [0.15, 0.2) is 4.99 Å². The van der Waals surface area contributed by atoms with Crippen molar-refractivity contribution in [3.8, 4) is 0 Å². The van der Waals surface area contributed by atoms with E-state index in [0.717, 1.165) is 0 Å². The molecule has 0 aromatic rings. The Bertz CT molecular complexity index is 421. The van der Waals surface area contributed by atoms with Gasteiger partial charge in [-0.3, -0.25) is 9.55 Å². The molecule has 0 fully saturated rings. The SMILES string of the molecule is CN=C(N)SCC(F)(F)C(F)F.O=S(=O)(O)C(F)(F)F. The van der Waals surface area contributed by atoms with Gasteiger partial charge < -0.3 is 5.73 Å². The highest BCUT2D eigenvalue weighted by Crippen LogP contribution is 2.26. The molecule has 0 spiro atoms. The van der Waals surface area contributed by atoms with Crippen LogP contribution in [0.2, 0.25) is 0 Å². The molecule has 0 aromatic heterocycles. The molecular formula is C6H9F7N2O3S2. The lowest BCUT2D eigenvalue weighted by Crippen LogP contribution is -2.30. The van der Waals surface area contributed by atoms with Gasteiger partial charge in [-0.15, -0.1) is 0 Å². The highest BCUT2D eigenvalue weighted by molar-refractivity contribution is 8.13. The zero-order valence-electron chi connectivity index (χ0n) is 9.53. The molecule has 20 heavy (non-hydrogen) atoms. The summed E-state index contributed by atoms with van der Waals surface area (Å²) in [6.07, 6.45) is -3.66. The quantitative estimate of drug-likeness (QED) is 0.266. The summed E-state index contributed by atoms with van der Waals surface area (Å²) in [7, 11) is -4.55. The van der Waals surface area contributed by atoms with E-state index in [1.807, 2.05) is 0 Å². The van der Waals surface area contributed by atoms with Crippen molar-refractivity contribution in [2.45, 2.75) is 17.9 Å². The van der Waals surface area contributed by atoms with E-state index < -0.39 is 33.7 Å². The molecule has 0 radical (unpaired) electrons. The van der Waals surface area contributed by atoms with Gasteiger partial charge in [-0.1, -0.05) is 11.8 Å². The number of hydrogen-bond donors (Lipinski definition) is 2. The second-order valence-electron chi connectivity index (χ2n) is 2.83. The van der Waals surface area contributed by atoms with Crippen LogP contribution in [0.25, 0.3) is 0 Å². The standard InChI is InChI=1S/C5H8F4N2S.CHF3O3S/c1-11-4(10)12-2-5(8,9)3(6)7;2-1(3,4)8(5,6)7/h3H,2H2,1H3,(H2,10,11);(H,5,6,7). The molecule has 14 heteroatoms. The molecule has 0 aromatic carbocycles. The van der Waals surface area contributed by atoms with E-state index in [-0.39, 0.29) is 5.17 Å². The summed E-state index contributed by atoms with van der Waals surface area (Å²) in [5.74, 6) is -5.05. The predicted octanol–water partition coefficient (Wildman–Crippen LogP) is 1.96. The van der Waals surface area contributed by atoms with Crippen molar-refractivity contribution in [1.82, 2.24) is 0 Å². The number of hydrogen-bond acceptors (Lipinski definition) is 4. The molecule has 0 bridgehead atoms. The molecule has 5 nitrogen and oxygen atoms in total. The van der Waals surface area contributed by atoms with Gasteiger partial charge in [0.15, 0.2) is 5.17 Å². The Balaban J connectivity index is 0. The molecule has 0 aliphatic carbocycles. The van der Waals surface area contributed by atoms with Crippen LogP contribution in [0.4, 0.5) is 30.7 Å². The van der Waals surface area contributed by atoms with E-state index in [4.69, 9.17) is 18.7 Å². The number of amidine groups is 1. The second kappa shape index (κ2) is 7.87. The van der Waals surface area contributed by atoms with Gasteiger partial charge in [0.05, 0.1) is 5.75 Å². The molecule has 0 saturated carbocycles. The topological polar surface area (TPSA) is 92.8 Å². The first-order chi connectivity index (χ1) is 8.65. The summed E-state index contributed by atoms with van der Waals surface area (Å²) >= 11 is 0.409. The third-order valence-electron chi connectivity index (χ3n) is 1.24. The van der Waals surface area contributed by atoms with Crippen molar-refractivity contribution in [2.75, 3.05) is 12.8 Å². The van der Waals surface area contributed by atoms with Gasteiger partial charge in [-0.05, 0) is 0 Å². The number of rotatable bonds is 3. The van der Waals surface area contributed by atoms with Gasteiger partial charge >= 0.3 is 28.0 Å². The van der Waals surface area contributed by atoms with Crippen molar-refractivity contribution in [1.29, 1.82) is 0 Å². The predicted molar refractivity (Wildman–Crippen MR) is 58.6 cm³/mol. The molecule has 0 aliphatic heterocycles. The Kier molecular flexibility index (Phi) is 8.48. The smallest absolute Gasteiger partial charge is 0.379 e. The van der Waals surface area contributed by atoms with E-state index in [2.05, 4.69) is 4.99 Å². The van der Waals surface area contributed by atoms with Crippen LogP contribution >= 0.6 is 11.8 Å². The Hall–Kier alpha value is -0.760. The first-order valence-electron chi connectivity index (χ1n) is 4.20. The van der Waals surface area contributed by atoms with Gasteiger partial charge in [0, 0.05) is 7.05 Å². The Morgan fingerprint density at radius 3 is 1.85 bits per heavy atom. The number of nitrogens with two attached hydrogens (primary N) is 1. The summed E-state index contributed by atoms with van der Waals surface area (Å²) in [5, 5.41) is -0.129. The maximum atomic E-state index is 12.2. The molecule has 0 amide bonds. The van der Waals surface area contributed by atoms with Gasteiger partial charge in [0.25, 0.3) is 0 Å². The zero-order chi connectivity index (χ0) is 16.8. The minimum atomic E-state index is -5.84. The number of halogens is 7. The van der Waals surface area contributed by atoms with Crippen LogP contribution in [-0.2, 0) is 10.1 Å². The second-order valence-corrected chi connectivity index (χ2v) is 5.24. The Labute approximate surface area is 113 Å². The van der Waals surface area contributed by atoms with E-state index >= 15 is 0 Å². The van der Waals surface area contributed by atoms with Crippen molar-refractivity contribution >= 4 is 27.0 Å². The third-order valence-corrected chi connectivity index (χ3v) is 2.84. The fraction of sp³-hybridized carbons (Fsp3) is 0.833. The minimum Gasteiger partial charge on any atom is -0.379 e. The van der Waals surface area contributed by atoms with E-state index in [1.165, 1.54) is 7.05 Å². The Morgan fingerprint density at radius 2 is 1.65 bits per heavy atom. The van der Waals surface area contributed by atoms with E-state index in [0.29, 0.717) is 11.8 Å². The first-order valence-corrected chi connectivity index (χ1v) is 6.62. The normalized spacial score (nSPS) is 14.0. The van der Waals surface area contributed by atoms with Crippen LogP contribution in [-0.4, -0.2) is 48.8 Å². The molecule has 3 N–H and O–H groups in total. The number of aliphatic imine (C=N–C) groups is 1. The van der Waals surface area contributed by atoms with Gasteiger partial charge in [0.2, 0.25) is 0 Å². The highest BCUT2D eigenvalue weighted by Gasteiger charge is 2.44. The fourth-order valence-corrected chi connectivity index (χ4v) is 0.893.